The highest BCUT2D eigenvalue weighted by molar-refractivity contribution is 5.90. The summed E-state index contributed by atoms with van der Waals surface area (Å²) in [6.07, 6.45) is 2.21. The first-order valence-corrected chi connectivity index (χ1v) is 4.49. The first kappa shape index (κ1) is 9.14. The van der Waals surface area contributed by atoms with Gasteiger partial charge < -0.3 is 9.64 Å². The van der Waals surface area contributed by atoms with Crippen LogP contribution < -0.4 is 0 Å². The van der Waals surface area contributed by atoms with Crippen molar-refractivity contribution < 1.29 is 9.53 Å². The number of H-pyrrole nitrogens is 1. The van der Waals surface area contributed by atoms with Crippen LogP contribution in [0.3, 0.4) is 0 Å². The number of ether oxygens (including phenoxy) is 1. The van der Waals surface area contributed by atoms with Crippen LogP contribution in [0.5, 0.6) is 0 Å². The minimum Gasteiger partial charge on any atom is -0.379 e. The zero-order valence-corrected chi connectivity index (χ0v) is 7.93. The maximum absolute atomic E-state index is 11.7. The van der Waals surface area contributed by atoms with Crippen LogP contribution in [-0.4, -0.2) is 52.3 Å². The van der Waals surface area contributed by atoms with Crippen molar-refractivity contribution in [3.63, 3.8) is 0 Å². The number of hydrogen-bond acceptors (Lipinski definition) is 4. The Morgan fingerprint density at radius 3 is 3.21 bits per heavy atom. The third-order valence-corrected chi connectivity index (χ3v) is 2.39. The molecule has 0 saturated carbocycles. The van der Waals surface area contributed by atoms with Crippen LogP contribution in [0.15, 0.2) is 6.33 Å². The Balaban J connectivity index is 2.04. The van der Waals surface area contributed by atoms with E-state index >= 15 is 0 Å². The molecule has 1 atom stereocenters. The van der Waals surface area contributed by atoms with E-state index in [-0.39, 0.29) is 17.8 Å². The van der Waals surface area contributed by atoms with Crippen LogP contribution >= 0.6 is 0 Å². The van der Waals surface area contributed by atoms with Crippen molar-refractivity contribution in [3.05, 3.63) is 12.2 Å². The molecule has 0 aromatic carbocycles. The smallest absolute Gasteiger partial charge is 0.291 e. The summed E-state index contributed by atoms with van der Waals surface area (Å²) in [6.45, 7) is 1.33. The number of likely N-dealkylation sites (N-methyl/N-ethyl adjacent to an activating group) is 1. The van der Waals surface area contributed by atoms with Crippen molar-refractivity contribution in [1.29, 1.82) is 0 Å². The number of carbonyl (C=O) groups excluding carboxylic acids is 1. The van der Waals surface area contributed by atoms with Gasteiger partial charge in [0.2, 0.25) is 5.82 Å². The molecule has 14 heavy (non-hydrogen) atoms. The Morgan fingerprint density at radius 2 is 2.64 bits per heavy atom. The minimum absolute atomic E-state index is 0.141. The molecule has 6 heteroatoms. The first-order chi connectivity index (χ1) is 6.79. The van der Waals surface area contributed by atoms with Crippen molar-refractivity contribution in [2.45, 2.75) is 12.5 Å². The highest BCUT2D eigenvalue weighted by Crippen LogP contribution is 2.11. The van der Waals surface area contributed by atoms with Gasteiger partial charge in [-0.2, -0.15) is 5.10 Å². The fourth-order valence-electron chi connectivity index (χ4n) is 1.47. The van der Waals surface area contributed by atoms with Gasteiger partial charge in [-0.1, -0.05) is 0 Å². The van der Waals surface area contributed by atoms with E-state index in [0.717, 1.165) is 13.0 Å². The van der Waals surface area contributed by atoms with Crippen molar-refractivity contribution in [1.82, 2.24) is 20.1 Å². The van der Waals surface area contributed by atoms with E-state index in [9.17, 15) is 4.79 Å². The monoisotopic (exact) mass is 196 g/mol. The lowest BCUT2D eigenvalue weighted by Crippen LogP contribution is -2.37. The fraction of sp³-hybridized carbons (Fsp3) is 0.625. The number of nitrogens with zero attached hydrogens (tertiary/aromatic N) is 3. The van der Waals surface area contributed by atoms with Gasteiger partial charge in [0.15, 0.2) is 0 Å². The second-order valence-corrected chi connectivity index (χ2v) is 3.27. The topological polar surface area (TPSA) is 71.1 Å². The number of aromatic amines is 1. The van der Waals surface area contributed by atoms with Gasteiger partial charge >= 0.3 is 0 Å². The molecule has 2 heterocycles. The number of rotatable bonds is 2. The molecule has 1 saturated heterocycles. The van der Waals surface area contributed by atoms with Gasteiger partial charge in [-0.3, -0.25) is 9.89 Å². The number of nitrogens with one attached hydrogen (secondary N) is 1. The second kappa shape index (κ2) is 3.75. The number of hydrogen-bond donors (Lipinski definition) is 1. The molecule has 0 radical (unpaired) electrons. The van der Waals surface area contributed by atoms with Crippen LogP contribution in [0.4, 0.5) is 0 Å². The Hall–Kier alpha value is -1.43. The van der Waals surface area contributed by atoms with Crippen LogP contribution in [-0.2, 0) is 4.74 Å². The number of carbonyl (C=O) groups is 1. The molecule has 1 aliphatic rings. The Bertz CT molecular complexity index is 305. The van der Waals surface area contributed by atoms with E-state index in [4.69, 9.17) is 4.74 Å². The molecule has 76 valence electrons. The lowest BCUT2D eigenvalue weighted by atomic mass is 10.2. The predicted octanol–water partition coefficient (Wildman–Crippen LogP) is -0.334. The maximum Gasteiger partial charge on any atom is 0.291 e. The number of amides is 1. The first-order valence-electron chi connectivity index (χ1n) is 4.49. The molecule has 1 aromatic heterocycles. The molecule has 1 unspecified atom stereocenters. The SMILES string of the molecule is CN(C(=O)c1ncn[nH]1)C1CCOC1. The fourth-order valence-corrected chi connectivity index (χ4v) is 1.47. The van der Waals surface area contributed by atoms with E-state index in [0.29, 0.717) is 6.61 Å². The Morgan fingerprint density at radius 1 is 1.79 bits per heavy atom. The molecule has 1 aromatic rings. The van der Waals surface area contributed by atoms with Crippen molar-refractivity contribution >= 4 is 5.91 Å². The van der Waals surface area contributed by atoms with E-state index in [1.165, 1.54) is 6.33 Å². The molecule has 1 fully saturated rings. The van der Waals surface area contributed by atoms with E-state index < -0.39 is 0 Å². The molecule has 1 N–H and O–H groups in total. The van der Waals surface area contributed by atoms with E-state index in [1.54, 1.807) is 11.9 Å². The van der Waals surface area contributed by atoms with Gasteiger partial charge in [-0.15, -0.1) is 0 Å². The zero-order valence-electron chi connectivity index (χ0n) is 7.93. The molecule has 0 bridgehead atoms. The van der Waals surface area contributed by atoms with Gasteiger partial charge in [0, 0.05) is 13.7 Å². The maximum atomic E-state index is 11.7. The quantitative estimate of drug-likeness (QED) is 0.702. The largest absolute Gasteiger partial charge is 0.379 e. The summed E-state index contributed by atoms with van der Waals surface area (Å²) < 4.78 is 5.21. The van der Waals surface area contributed by atoms with Crippen molar-refractivity contribution in [2.24, 2.45) is 0 Å². The summed E-state index contributed by atoms with van der Waals surface area (Å²) >= 11 is 0. The molecule has 0 spiro atoms. The molecule has 1 aliphatic heterocycles. The molecule has 6 nitrogen and oxygen atoms in total. The summed E-state index contributed by atoms with van der Waals surface area (Å²) in [7, 11) is 1.75. The second-order valence-electron chi connectivity index (χ2n) is 3.27. The summed E-state index contributed by atoms with van der Waals surface area (Å²) in [6, 6.07) is 0.160. The number of aromatic nitrogens is 3. The van der Waals surface area contributed by atoms with Crippen LogP contribution in [0.25, 0.3) is 0 Å². The summed E-state index contributed by atoms with van der Waals surface area (Å²) in [5.41, 5.74) is 0. The van der Waals surface area contributed by atoms with Crippen molar-refractivity contribution in [2.75, 3.05) is 20.3 Å². The Kier molecular flexibility index (Phi) is 2.45. The van der Waals surface area contributed by atoms with Crippen LogP contribution in [0, 0.1) is 0 Å². The van der Waals surface area contributed by atoms with Gasteiger partial charge in [-0.25, -0.2) is 4.98 Å². The highest BCUT2D eigenvalue weighted by atomic mass is 16.5. The molecular formula is C8H12N4O2. The van der Waals surface area contributed by atoms with Crippen molar-refractivity contribution in [3.8, 4) is 0 Å². The molecule has 1 amide bonds. The lowest BCUT2D eigenvalue weighted by Gasteiger charge is -2.21. The summed E-state index contributed by atoms with van der Waals surface area (Å²) in [5, 5.41) is 6.19. The average Bonchev–Trinajstić information content (AvgIpc) is 2.87. The minimum atomic E-state index is -0.141. The third kappa shape index (κ3) is 1.60. The molecule has 0 aliphatic carbocycles. The predicted molar refractivity (Wildman–Crippen MR) is 47.7 cm³/mol. The van der Waals surface area contributed by atoms with Crippen LogP contribution in [0.1, 0.15) is 17.0 Å². The Labute approximate surface area is 81.3 Å². The summed E-state index contributed by atoms with van der Waals surface area (Å²) in [4.78, 5) is 17.2. The van der Waals surface area contributed by atoms with Crippen LogP contribution in [0.2, 0.25) is 0 Å². The lowest BCUT2D eigenvalue weighted by molar-refractivity contribution is 0.0699. The van der Waals surface area contributed by atoms with Gasteiger partial charge in [0.25, 0.3) is 5.91 Å². The van der Waals surface area contributed by atoms with E-state index in [1.807, 2.05) is 0 Å². The van der Waals surface area contributed by atoms with Gasteiger partial charge in [-0.05, 0) is 6.42 Å². The zero-order chi connectivity index (χ0) is 9.97. The summed E-state index contributed by atoms with van der Waals surface area (Å²) in [5.74, 6) is 0.136. The standard InChI is InChI=1S/C8H12N4O2/c1-12(6-2-3-14-4-6)8(13)7-9-5-10-11-7/h5-6H,2-4H2,1H3,(H,9,10,11). The highest BCUT2D eigenvalue weighted by Gasteiger charge is 2.26. The average molecular weight is 196 g/mol. The molecule has 2 rings (SSSR count). The third-order valence-electron chi connectivity index (χ3n) is 2.39. The van der Waals surface area contributed by atoms with Gasteiger partial charge in [0.05, 0.1) is 12.6 Å². The van der Waals surface area contributed by atoms with E-state index in [2.05, 4.69) is 15.2 Å². The molecular weight excluding hydrogens is 184 g/mol. The van der Waals surface area contributed by atoms with Gasteiger partial charge in [0.1, 0.15) is 6.33 Å². The normalized spacial score (nSPS) is 21.1.